The van der Waals surface area contributed by atoms with Gasteiger partial charge in [0.25, 0.3) is 0 Å². The maximum atomic E-state index is 15.4. The molecule has 0 radical (unpaired) electrons. The minimum Gasteiger partial charge on any atom is -0.485 e. The molecular weight excluding hydrogens is 557 g/mol. The number of piperidine rings is 1. The molecule has 2 aromatic carbocycles. The molecule has 1 aliphatic heterocycles. The zero-order valence-electron chi connectivity index (χ0n) is 24.1. The van der Waals surface area contributed by atoms with Gasteiger partial charge in [0.05, 0.1) is 24.1 Å². The first kappa shape index (κ1) is 27.5. The van der Waals surface area contributed by atoms with Crippen molar-refractivity contribution in [1.29, 1.82) is 0 Å². The molecule has 5 heterocycles. The van der Waals surface area contributed by atoms with Crippen LogP contribution in [0.1, 0.15) is 17.5 Å². The minimum atomic E-state index is -1.37. The third kappa shape index (κ3) is 5.44. The first-order valence-electron chi connectivity index (χ1n) is 14.6. The Hall–Kier alpha value is -5.31. The van der Waals surface area contributed by atoms with Crippen molar-refractivity contribution in [3.8, 4) is 28.3 Å². The molecule has 6 aromatic rings. The van der Waals surface area contributed by atoms with Crippen LogP contribution in [0.3, 0.4) is 0 Å². The molecule has 0 saturated carbocycles. The smallest absolute Gasteiger partial charge is 0.410 e. The Bertz CT molecular complexity index is 1960. The number of carbonyl (C=O) groups excluding carboxylic acids is 1. The highest BCUT2D eigenvalue weighted by Crippen LogP contribution is 2.31. The monoisotopic (exact) mass is 587 g/mol. The normalized spacial score (nSPS) is 16.7. The third-order valence-electron chi connectivity index (χ3n) is 8.03. The van der Waals surface area contributed by atoms with E-state index in [2.05, 4.69) is 16.9 Å². The second-order valence-corrected chi connectivity index (χ2v) is 10.9. The molecule has 7 rings (SSSR count). The number of ether oxygens (including phenoxy) is 2. The van der Waals surface area contributed by atoms with Crippen LogP contribution in [-0.4, -0.2) is 55.7 Å². The minimum absolute atomic E-state index is 0.0931. The first-order chi connectivity index (χ1) is 21.5. The van der Waals surface area contributed by atoms with Crippen LogP contribution in [0.4, 0.5) is 9.18 Å². The van der Waals surface area contributed by atoms with Crippen molar-refractivity contribution in [3.05, 3.63) is 115 Å². The molecule has 0 unspecified atom stereocenters. The number of aromatic nitrogens is 4. The lowest BCUT2D eigenvalue weighted by Gasteiger charge is -2.34. The average molecular weight is 588 g/mol. The summed E-state index contributed by atoms with van der Waals surface area (Å²) >= 11 is 0. The van der Waals surface area contributed by atoms with Gasteiger partial charge in [-0.25, -0.2) is 19.2 Å². The Morgan fingerprint density at radius 2 is 1.91 bits per heavy atom. The molecule has 1 amide bonds. The summed E-state index contributed by atoms with van der Waals surface area (Å²) < 4.78 is 29.0. The Morgan fingerprint density at radius 1 is 1.02 bits per heavy atom. The lowest BCUT2D eigenvalue weighted by molar-refractivity contribution is 0.0153. The summed E-state index contributed by atoms with van der Waals surface area (Å²) in [7, 11) is 0. The molecule has 0 bridgehead atoms. The van der Waals surface area contributed by atoms with Gasteiger partial charge in [-0.3, -0.25) is 9.38 Å². The molecule has 0 spiro atoms. The summed E-state index contributed by atoms with van der Waals surface area (Å²) in [6, 6.07) is 25.1. The number of imidazole rings is 1. The second-order valence-electron chi connectivity index (χ2n) is 10.9. The summed E-state index contributed by atoms with van der Waals surface area (Å²) in [4.78, 5) is 27.8. The molecule has 1 saturated heterocycles. The van der Waals surface area contributed by atoms with Crippen LogP contribution in [0, 0.1) is 6.92 Å². The van der Waals surface area contributed by atoms with Crippen molar-refractivity contribution in [2.24, 2.45) is 0 Å². The molecule has 220 valence electrons. The van der Waals surface area contributed by atoms with E-state index in [4.69, 9.17) is 14.5 Å². The SMILES string of the molecule is Cc1ccncc1-c1ccn2c(-c3ccc4cccc(O[C@@H]5CCN(C(=O)OCc6ccccc6)C[C@H]5F)c4n3)cnc2c1. The zero-order valence-corrected chi connectivity index (χ0v) is 24.1. The largest absolute Gasteiger partial charge is 0.485 e. The van der Waals surface area contributed by atoms with Gasteiger partial charge in [0.2, 0.25) is 0 Å². The van der Waals surface area contributed by atoms with Gasteiger partial charge in [-0.05, 0) is 53.9 Å². The quantitative estimate of drug-likeness (QED) is 0.208. The molecule has 0 aliphatic carbocycles. The van der Waals surface area contributed by atoms with Crippen LogP contribution >= 0.6 is 0 Å². The molecule has 9 heteroatoms. The van der Waals surface area contributed by atoms with Crippen LogP contribution in [0.25, 0.3) is 39.1 Å². The van der Waals surface area contributed by atoms with E-state index < -0.39 is 18.4 Å². The number of likely N-dealkylation sites (tertiary alicyclic amines) is 1. The molecule has 1 aliphatic rings. The van der Waals surface area contributed by atoms with Crippen LogP contribution in [0.5, 0.6) is 5.75 Å². The number of pyridine rings is 3. The van der Waals surface area contributed by atoms with E-state index in [0.717, 1.165) is 44.7 Å². The predicted octanol–water partition coefficient (Wildman–Crippen LogP) is 7.05. The Labute approximate surface area is 253 Å². The summed E-state index contributed by atoms with van der Waals surface area (Å²) in [6.07, 6.45) is 5.16. The average Bonchev–Trinajstić information content (AvgIpc) is 3.48. The van der Waals surface area contributed by atoms with E-state index >= 15 is 4.39 Å². The Morgan fingerprint density at radius 3 is 2.75 bits per heavy atom. The van der Waals surface area contributed by atoms with Crippen molar-refractivity contribution in [2.45, 2.75) is 32.2 Å². The number of alkyl halides is 1. The summed E-state index contributed by atoms with van der Waals surface area (Å²) in [5.41, 5.74) is 7.11. The van der Waals surface area contributed by atoms with E-state index in [1.165, 1.54) is 4.90 Å². The summed E-state index contributed by atoms with van der Waals surface area (Å²) in [5.74, 6) is 0.500. The van der Waals surface area contributed by atoms with Crippen molar-refractivity contribution >= 4 is 22.6 Å². The maximum Gasteiger partial charge on any atom is 0.410 e. The predicted molar refractivity (Wildman–Crippen MR) is 166 cm³/mol. The fourth-order valence-corrected chi connectivity index (χ4v) is 5.62. The zero-order chi connectivity index (χ0) is 30.0. The Balaban J connectivity index is 1.09. The molecule has 4 aromatic heterocycles. The van der Waals surface area contributed by atoms with E-state index in [9.17, 15) is 4.79 Å². The van der Waals surface area contributed by atoms with Gasteiger partial charge in [0, 0.05) is 42.5 Å². The maximum absolute atomic E-state index is 15.4. The van der Waals surface area contributed by atoms with Crippen molar-refractivity contribution < 1.29 is 18.7 Å². The topological polar surface area (TPSA) is 81.9 Å². The highest BCUT2D eigenvalue weighted by Gasteiger charge is 2.34. The van der Waals surface area contributed by atoms with E-state index in [-0.39, 0.29) is 13.2 Å². The number of hydrogen-bond donors (Lipinski definition) is 0. The summed E-state index contributed by atoms with van der Waals surface area (Å²) in [6.45, 7) is 2.45. The lowest BCUT2D eigenvalue weighted by Crippen LogP contribution is -2.49. The fraction of sp³-hybridized carbons (Fsp3) is 0.200. The highest BCUT2D eigenvalue weighted by molar-refractivity contribution is 5.86. The van der Waals surface area contributed by atoms with Gasteiger partial charge in [0.1, 0.15) is 29.6 Å². The van der Waals surface area contributed by atoms with Gasteiger partial charge in [-0.2, -0.15) is 0 Å². The number of benzene rings is 2. The fourth-order valence-electron chi connectivity index (χ4n) is 5.62. The van der Waals surface area contributed by atoms with Crippen LogP contribution < -0.4 is 4.74 Å². The number of amides is 1. The van der Waals surface area contributed by atoms with Gasteiger partial charge in [0.15, 0.2) is 6.17 Å². The number of nitrogens with zero attached hydrogens (tertiary/aromatic N) is 5. The number of para-hydroxylation sites is 1. The van der Waals surface area contributed by atoms with Crippen molar-refractivity contribution in [1.82, 2.24) is 24.3 Å². The number of carbonyl (C=O) groups is 1. The number of aryl methyl sites for hydroxylation is 1. The number of rotatable bonds is 6. The van der Waals surface area contributed by atoms with Gasteiger partial charge in [-0.1, -0.05) is 48.5 Å². The number of halogens is 1. The molecule has 1 fully saturated rings. The van der Waals surface area contributed by atoms with Gasteiger partial charge in [-0.15, -0.1) is 0 Å². The molecule has 8 nitrogen and oxygen atoms in total. The van der Waals surface area contributed by atoms with E-state index in [0.29, 0.717) is 24.2 Å². The third-order valence-corrected chi connectivity index (χ3v) is 8.03. The molecular formula is C35H30FN5O3. The second kappa shape index (κ2) is 11.8. The summed E-state index contributed by atoms with van der Waals surface area (Å²) in [5, 5.41) is 0.881. The van der Waals surface area contributed by atoms with Gasteiger partial charge >= 0.3 is 6.09 Å². The van der Waals surface area contributed by atoms with Crippen molar-refractivity contribution in [3.63, 3.8) is 0 Å². The number of hydrogen-bond acceptors (Lipinski definition) is 6. The van der Waals surface area contributed by atoms with Crippen LogP contribution in [-0.2, 0) is 11.3 Å². The molecule has 0 N–H and O–H groups in total. The van der Waals surface area contributed by atoms with Crippen molar-refractivity contribution in [2.75, 3.05) is 13.1 Å². The Kier molecular flexibility index (Phi) is 7.35. The number of fused-ring (bicyclic) bond motifs is 2. The van der Waals surface area contributed by atoms with E-state index in [1.807, 2.05) is 95.7 Å². The molecule has 44 heavy (non-hydrogen) atoms. The molecule has 2 atom stereocenters. The van der Waals surface area contributed by atoms with E-state index in [1.54, 1.807) is 12.4 Å². The highest BCUT2D eigenvalue weighted by atomic mass is 19.1. The van der Waals surface area contributed by atoms with Gasteiger partial charge < -0.3 is 14.4 Å². The first-order valence-corrected chi connectivity index (χ1v) is 14.6. The standard InChI is InChI=1S/C35H30FN5O3/c1-23-12-15-37-19-27(23)26-13-17-41-30(20-38-33(41)18-26)29-11-10-25-8-5-9-32(34(25)39-29)44-31-14-16-40(21-28(31)36)35(42)43-22-24-6-3-2-4-7-24/h2-13,15,17-20,28,31H,14,16,21-22H2,1H3/t28-,31-/m1/s1. The van der Waals surface area contributed by atoms with Crippen LogP contribution in [0.15, 0.2) is 104 Å². The lowest BCUT2D eigenvalue weighted by atomic mass is 10.0. The van der Waals surface area contributed by atoms with Crippen LogP contribution in [0.2, 0.25) is 0 Å².